The second-order valence-corrected chi connectivity index (χ2v) is 4.82. The number of hydrogen-bond acceptors (Lipinski definition) is 2. The van der Waals surface area contributed by atoms with E-state index >= 15 is 0 Å². The second kappa shape index (κ2) is 6.36. The molecule has 0 heterocycles. The van der Waals surface area contributed by atoms with Crippen molar-refractivity contribution in [2.75, 3.05) is 10.6 Å². The maximum Gasteiger partial charge on any atom is 0.335 e. The summed E-state index contributed by atoms with van der Waals surface area (Å²) in [5, 5.41) is 15.8. The van der Waals surface area contributed by atoms with Gasteiger partial charge >= 0.3 is 5.97 Å². The molecule has 4 nitrogen and oxygen atoms in total. The van der Waals surface area contributed by atoms with Gasteiger partial charge < -0.3 is 15.7 Å². The first-order valence-corrected chi connectivity index (χ1v) is 6.50. The van der Waals surface area contributed by atoms with Crippen LogP contribution in [0.2, 0.25) is 5.02 Å². The lowest BCUT2D eigenvalue weighted by molar-refractivity contribution is 0.0697. The highest BCUT2D eigenvalue weighted by Crippen LogP contribution is 2.16. The highest BCUT2D eigenvalue weighted by Gasteiger charge is 2.04. The third-order valence-corrected chi connectivity index (χ3v) is 2.89. The molecule has 0 saturated heterocycles. The van der Waals surface area contributed by atoms with Crippen molar-refractivity contribution in [3.05, 3.63) is 59.1 Å². The van der Waals surface area contributed by atoms with Gasteiger partial charge in [-0.3, -0.25) is 0 Å². The van der Waals surface area contributed by atoms with E-state index in [1.807, 2.05) is 6.07 Å². The lowest BCUT2D eigenvalue weighted by Gasteiger charge is -2.11. The topological polar surface area (TPSA) is 61.4 Å². The van der Waals surface area contributed by atoms with Crippen molar-refractivity contribution in [1.29, 1.82) is 0 Å². The zero-order chi connectivity index (χ0) is 14.5. The molecule has 0 aliphatic carbocycles. The van der Waals surface area contributed by atoms with Gasteiger partial charge in [0, 0.05) is 16.4 Å². The van der Waals surface area contributed by atoms with Crippen LogP contribution in [-0.4, -0.2) is 16.2 Å². The molecule has 0 unspecified atom stereocenters. The Hall–Kier alpha value is -2.11. The first kappa shape index (κ1) is 14.3. The monoisotopic (exact) mass is 306 g/mol. The minimum atomic E-state index is -0.984. The van der Waals surface area contributed by atoms with Gasteiger partial charge in [-0.1, -0.05) is 23.7 Å². The van der Waals surface area contributed by atoms with Gasteiger partial charge in [0.05, 0.1) is 5.56 Å². The Morgan fingerprint density at radius 3 is 2.25 bits per heavy atom. The highest BCUT2D eigenvalue weighted by atomic mass is 35.5. The summed E-state index contributed by atoms with van der Waals surface area (Å²) in [6, 6.07) is 13.5. The normalized spacial score (nSPS) is 9.85. The van der Waals surface area contributed by atoms with Gasteiger partial charge in [-0.15, -0.1) is 0 Å². The maximum atomic E-state index is 10.9. The van der Waals surface area contributed by atoms with E-state index in [-0.39, 0.29) is 5.56 Å². The smallest absolute Gasteiger partial charge is 0.335 e. The molecule has 0 aliphatic heterocycles. The van der Waals surface area contributed by atoms with Crippen molar-refractivity contribution in [3.8, 4) is 0 Å². The van der Waals surface area contributed by atoms with E-state index in [9.17, 15) is 4.79 Å². The molecule has 2 rings (SSSR count). The van der Waals surface area contributed by atoms with Crippen molar-refractivity contribution >= 4 is 46.3 Å². The number of rotatable bonds is 3. The summed E-state index contributed by atoms with van der Waals surface area (Å²) in [5.74, 6) is -0.984. The van der Waals surface area contributed by atoms with Crippen LogP contribution in [0.15, 0.2) is 48.5 Å². The molecule has 0 radical (unpaired) electrons. The molecule has 0 spiro atoms. The molecular weight excluding hydrogens is 296 g/mol. The Morgan fingerprint density at radius 1 is 1.05 bits per heavy atom. The largest absolute Gasteiger partial charge is 0.478 e. The van der Waals surface area contributed by atoms with Crippen LogP contribution >= 0.6 is 23.8 Å². The number of carboxylic acids is 1. The van der Waals surface area contributed by atoms with Crippen molar-refractivity contribution in [3.63, 3.8) is 0 Å². The fourth-order valence-corrected chi connectivity index (χ4v) is 2.02. The third kappa shape index (κ3) is 3.94. The quantitative estimate of drug-likeness (QED) is 0.752. The SMILES string of the molecule is O=C(O)c1cccc(NC(=S)Nc2cccc(Cl)c2)c1. The van der Waals surface area contributed by atoms with E-state index in [0.717, 1.165) is 5.69 Å². The van der Waals surface area contributed by atoms with Crippen LogP contribution in [-0.2, 0) is 0 Å². The molecule has 6 heteroatoms. The second-order valence-electron chi connectivity index (χ2n) is 3.98. The van der Waals surface area contributed by atoms with Crippen LogP contribution < -0.4 is 10.6 Å². The predicted octanol–water partition coefficient (Wildman–Crippen LogP) is 3.85. The number of aromatic carboxylic acids is 1. The van der Waals surface area contributed by atoms with Gasteiger partial charge in [-0.25, -0.2) is 4.79 Å². The van der Waals surface area contributed by atoms with Crippen LogP contribution in [0.5, 0.6) is 0 Å². The van der Waals surface area contributed by atoms with Crippen molar-refractivity contribution < 1.29 is 9.90 Å². The molecule has 2 aromatic rings. The lowest BCUT2D eigenvalue weighted by Crippen LogP contribution is -2.19. The summed E-state index contributed by atoms with van der Waals surface area (Å²) in [7, 11) is 0. The third-order valence-electron chi connectivity index (χ3n) is 2.45. The first-order valence-electron chi connectivity index (χ1n) is 5.71. The molecular formula is C14H11ClN2O2S. The number of halogens is 1. The van der Waals surface area contributed by atoms with Crippen LogP contribution in [0.4, 0.5) is 11.4 Å². The molecule has 20 heavy (non-hydrogen) atoms. The number of benzene rings is 2. The minimum Gasteiger partial charge on any atom is -0.478 e. The fourth-order valence-electron chi connectivity index (χ4n) is 1.59. The standard InChI is InChI=1S/C14H11ClN2O2S/c15-10-4-2-6-12(8-10)17-14(20)16-11-5-1-3-9(7-11)13(18)19/h1-8H,(H,18,19)(H2,16,17,20). The number of nitrogens with one attached hydrogen (secondary N) is 2. The summed E-state index contributed by atoms with van der Waals surface area (Å²) in [5.41, 5.74) is 1.55. The number of carbonyl (C=O) groups is 1. The molecule has 0 fully saturated rings. The highest BCUT2D eigenvalue weighted by molar-refractivity contribution is 7.80. The number of carboxylic acid groups (broad SMARTS) is 1. The summed E-state index contributed by atoms with van der Waals surface area (Å²) in [6.07, 6.45) is 0. The average Bonchev–Trinajstić information content (AvgIpc) is 2.38. The molecule has 3 N–H and O–H groups in total. The molecule has 102 valence electrons. The van der Waals surface area contributed by atoms with Crippen molar-refractivity contribution in [2.45, 2.75) is 0 Å². The summed E-state index contributed by atoms with van der Waals surface area (Å²) < 4.78 is 0. The van der Waals surface area contributed by atoms with Crippen LogP contribution in [0.3, 0.4) is 0 Å². The Labute approximate surface area is 126 Å². The average molecular weight is 307 g/mol. The molecule has 0 aromatic heterocycles. The number of hydrogen-bond donors (Lipinski definition) is 3. The summed E-state index contributed by atoms with van der Waals surface area (Å²) in [4.78, 5) is 10.9. The summed E-state index contributed by atoms with van der Waals surface area (Å²) in [6.45, 7) is 0. The Bertz CT molecular complexity index is 661. The zero-order valence-corrected chi connectivity index (χ0v) is 11.8. The van der Waals surface area contributed by atoms with Gasteiger partial charge in [-0.05, 0) is 48.6 Å². The van der Waals surface area contributed by atoms with Crippen molar-refractivity contribution in [1.82, 2.24) is 0 Å². The lowest BCUT2D eigenvalue weighted by atomic mass is 10.2. The maximum absolute atomic E-state index is 10.9. The fraction of sp³-hybridized carbons (Fsp3) is 0. The van der Waals surface area contributed by atoms with E-state index in [1.54, 1.807) is 30.3 Å². The molecule has 0 bridgehead atoms. The molecule has 0 atom stereocenters. The molecule has 0 saturated carbocycles. The van der Waals surface area contributed by atoms with Gasteiger partial charge in [0.15, 0.2) is 5.11 Å². The Morgan fingerprint density at radius 2 is 1.65 bits per heavy atom. The number of thiocarbonyl (C=S) groups is 1. The molecule has 0 amide bonds. The van der Waals surface area contributed by atoms with E-state index in [1.165, 1.54) is 12.1 Å². The Kier molecular flexibility index (Phi) is 4.55. The van der Waals surface area contributed by atoms with Crippen LogP contribution in [0.1, 0.15) is 10.4 Å². The van der Waals surface area contributed by atoms with Gasteiger partial charge in [-0.2, -0.15) is 0 Å². The van der Waals surface area contributed by atoms with Crippen LogP contribution in [0.25, 0.3) is 0 Å². The van der Waals surface area contributed by atoms with Crippen molar-refractivity contribution in [2.24, 2.45) is 0 Å². The molecule has 2 aromatic carbocycles. The minimum absolute atomic E-state index is 0.195. The summed E-state index contributed by atoms with van der Waals surface area (Å²) >= 11 is 11.0. The first-order chi connectivity index (χ1) is 9.54. The van der Waals surface area contributed by atoms with E-state index in [2.05, 4.69) is 10.6 Å². The van der Waals surface area contributed by atoms with Crippen LogP contribution in [0, 0.1) is 0 Å². The molecule has 0 aliphatic rings. The van der Waals surface area contributed by atoms with E-state index in [0.29, 0.717) is 15.8 Å². The van der Waals surface area contributed by atoms with E-state index < -0.39 is 5.97 Å². The van der Waals surface area contributed by atoms with Gasteiger partial charge in [0.1, 0.15) is 0 Å². The van der Waals surface area contributed by atoms with Gasteiger partial charge in [0.25, 0.3) is 0 Å². The van der Waals surface area contributed by atoms with E-state index in [4.69, 9.17) is 28.9 Å². The number of anilines is 2. The predicted molar refractivity (Wildman–Crippen MR) is 84.7 cm³/mol. The zero-order valence-electron chi connectivity index (χ0n) is 10.3. The Balaban J connectivity index is 2.04. The van der Waals surface area contributed by atoms with Gasteiger partial charge in [0.2, 0.25) is 0 Å².